The van der Waals surface area contributed by atoms with Crippen molar-refractivity contribution < 1.29 is 12.8 Å². The molecule has 0 unspecified atom stereocenters. The first-order chi connectivity index (χ1) is 9.03. The fourth-order valence-electron chi connectivity index (χ4n) is 1.81. The van der Waals surface area contributed by atoms with E-state index in [0.29, 0.717) is 15.8 Å². The van der Waals surface area contributed by atoms with Crippen LogP contribution >= 0.6 is 23.8 Å². The third-order valence-electron chi connectivity index (χ3n) is 3.36. The van der Waals surface area contributed by atoms with Crippen LogP contribution in [-0.4, -0.2) is 29.0 Å². The van der Waals surface area contributed by atoms with Crippen molar-refractivity contribution in [2.45, 2.75) is 25.1 Å². The molecule has 0 fully saturated rings. The van der Waals surface area contributed by atoms with E-state index in [2.05, 4.69) is 4.98 Å². The van der Waals surface area contributed by atoms with Gasteiger partial charge in [-0.25, -0.2) is 12.8 Å². The van der Waals surface area contributed by atoms with Crippen molar-refractivity contribution in [2.24, 2.45) is 0 Å². The molecule has 1 heterocycles. The summed E-state index contributed by atoms with van der Waals surface area (Å²) in [6.07, 6.45) is 1.17. The van der Waals surface area contributed by atoms with Gasteiger partial charge < -0.3 is 9.55 Å². The van der Waals surface area contributed by atoms with Crippen LogP contribution < -0.4 is 0 Å². The molecule has 20 heavy (non-hydrogen) atoms. The highest BCUT2D eigenvalue weighted by Crippen LogP contribution is 2.26. The van der Waals surface area contributed by atoms with E-state index in [4.69, 9.17) is 23.8 Å². The van der Waals surface area contributed by atoms with Crippen LogP contribution in [0.5, 0.6) is 0 Å². The highest BCUT2D eigenvalue weighted by Gasteiger charge is 2.31. The molecule has 1 aromatic heterocycles. The van der Waals surface area contributed by atoms with Gasteiger partial charge in [-0.3, -0.25) is 0 Å². The minimum atomic E-state index is -3.28. The maximum Gasteiger partial charge on any atom is 0.178 e. The van der Waals surface area contributed by atoms with Crippen LogP contribution in [0.3, 0.4) is 0 Å². The Morgan fingerprint density at radius 2 is 2.05 bits per heavy atom. The van der Waals surface area contributed by atoms with Gasteiger partial charge in [-0.05, 0) is 32.1 Å². The fourth-order valence-corrected chi connectivity index (χ4v) is 2.61. The molecule has 0 bridgehead atoms. The Balaban J connectivity index is 2.64. The molecule has 0 aliphatic rings. The number of hydrogen-bond acceptors (Lipinski definition) is 3. The summed E-state index contributed by atoms with van der Waals surface area (Å²) in [5.74, 6) is -0.570. The lowest BCUT2D eigenvalue weighted by Crippen LogP contribution is -2.35. The summed E-state index contributed by atoms with van der Waals surface area (Å²) in [6, 6.07) is 2.69. The van der Waals surface area contributed by atoms with Crippen LogP contribution in [0.1, 0.15) is 13.8 Å². The molecular formula is C12H14ClFN2O2S2. The summed E-state index contributed by atoms with van der Waals surface area (Å²) in [7, 11) is -3.28. The maximum absolute atomic E-state index is 13.6. The number of benzene rings is 1. The van der Waals surface area contributed by atoms with E-state index in [1.54, 1.807) is 18.4 Å². The number of aromatic nitrogens is 2. The van der Waals surface area contributed by atoms with Crippen molar-refractivity contribution in [3.8, 4) is 0 Å². The summed E-state index contributed by atoms with van der Waals surface area (Å²) in [6.45, 7) is 3.34. The molecule has 0 saturated heterocycles. The molecular weight excluding hydrogens is 323 g/mol. The predicted molar refractivity (Wildman–Crippen MR) is 81.0 cm³/mol. The molecule has 110 valence electrons. The van der Waals surface area contributed by atoms with Gasteiger partial charge in [0.1, 0.15) is 5.82 Å². The second-order valence-corrected chi connectivity index (χ2v) is 8.78. The first-order valence-electron chi connectivity index (χ1n) is 5.80. The SMILES string of the molecule is CC(C)(Cn1c(=S)[nH]c2cc(Cl)c(F)cc21)S(C)(=O)=O. The van der Waals surface area contributed by atoms with Gasteiger partial charge in [0, 0.05) is 18.9 Å². The first kappa shape index (κ1) is 15.5. The summed E-state index contributed by atoms with van der Waals surface area (Å²) >= 11 is 10.9. The van der Waals surface area contributed by atoms with Crippen LogP contribution in [0.4, 0.5) is 4.39 Å². The van der Waals surface area contributed by atoms with E-state index >= 15 is 0 Å². The minimum absolute atomic E-state index is 0.0109. The standard InChI is InChI=1S/C12H14ClFN2O2S2/c1-12(2,20(3,17)18)6-16-10-5-8(14)7(13)4-9(10)15-11(16)19/h4-5H,6H2,1-3H3,(H,15,19). The van der Waals surface area contributed by atoms with Crippen LogP contribution in [0.25, 0.3) is 11.0 Å². The first-order valence-corrected chi connectivity index (χ1v) is 8.48. The third kappa shape index (κ3) is 2.62. The molecule has 0 aliphatic carbocycles. The van der Waals surface area contributed by atoms with Gasteiger partial charge in [-0.15, -0.1) is 0 Å². The zero-order valence-corrected chi connectivity index (χ0v) is 13.6. The van der Waals surface area contributed by atoms with E-state index < -0.39 is 20.4 Å². The van der Waals surface area contributed by atoms with Gasteiger partial charge in [0.25, 0.3) is 0 Å². The average molecular weight is 337 g/mol. The summed E-state index contributed by atoms with van der Waals surface area (Å²) in [5.41, 5.74) is 1.07. The van der Waals surface area contributed by atoms with Crippen LogP contribution in [-0.2, 0) is 16.4 Å². The summed E-state index contributed by atoms with van der Waals surface area (Å²) < 4.78 is 38.1. The van der Waals surface area contributed by atoms with Gasteiger partial charge in [0.2, 0.25) is 0 Å². The number of halogens is 2. The number of nitrogens with zero attached hydrogens (tertiary/aromatic N) is 1. The highest BCUT2D eigenvalue weighted by atomic mass is 35.5. The van der Waals surface area contributed by atoms with E-state index in [1.165, 1.54) is 18.4 Å². The summed E-state index contributed by atoms with van der Waals surface area (Å²) in [4.78, 5) is 2.90. The molecule has 0 spiro atoms. The fraction of sp³-hybridized carbons (Fsp3) is 0.417. The lowest BCUT2D eigenvalue weighted by atomic mass is 10.2. The molecule has 8 heteroatoms. The van der Waals surface area contributed by atoms with Gasteiger partial charge in [0.05, 0.1) is 20.8 Å². The molecule has 0 saturated carbocycles. The van der Waals surface area contributed by atoms with Crippen molar-refractivity contribution in [3.05, 3.63) is 27.7 Å². The van der Waals surface area contributed by atoms with E-state index in [1.807, 2.05) is 0 Å². The normalized spacial score (nSPS) is 13.1. The zero-order chi connectivity index (χ0) is 15.3. The number of fused-ring (bicyclic) bond motifs is 1. The Labute approximate surface area is 126 Å². The van der Waals surface area contributed by atoms with Crippen molar-refractivity contribution in [1.82, 2.24) is 9.55 Å². The summed E-state index contributed by atoms with van der Waals surface area (Å²) in [5, 5.41) is -0.0109. The number of rotatable bonds is 3. The lowest BCUT2D eigenvalue weighted by molar-refractivity contribution is 0.506. The molecule has 1 N–H and O–H groups in total. The van der Waals surface area contributed by atoms with Gasteiger partial charge in [-0.1, -0.05) is 11.6 Å². The van der Waals surface area contributed by atoms with Crippen molar-refractivity contribution >= 4 is 44.7 Å². The van der Waals surface area contributed by atoms with Crippen molar-refractivity contribution in [2.75, 3.05) is 6.26 Å². The Morgan fingerprint density at radius 3 is 2.60 bits per heavy atom. The number of aromatic amines is 1. The predicted octanol–water partition coefficient (Wildman–Crippen LogP) is 3.31. The number of hydrogen-bond donors (Lipinski definition) is 1. The molecule has 0 atom stereocenters. The zero-order valence-electron chi connectivity index (χ0n) is 11.2. The van der Waals surface area contributed by atoms with E-state index in [9.17, 15) is 12.8 Å². The largest absolute Gasteiger partial charge is 0.331 e. The Morgan fingerprint density at radius 1 is 1.45 bits per heavy atom. The lowest BCUT2D eigenvalue weighted by Gasteiger charge is -2.23. The third-order valence-corrected chi connectivity index (χ3v) is 6.11. The molecule has 2 rings (SSSR count). The van der Waals surface area contributed by atoms with Gasteiger partial charge >= 0.3 is 0 Å². The monoisotopic (exact) mass is 336 g/mol. The average Bonchev–Trinajstić information content (AvgIpc) is 2.55. The van der Waals surface area contributed by atoms with Crippen molar-refractivity contribution in [1.29, 1.82) is 0 Å². The number of sulfone groups is 1. The Hall–Kier alpha value is -0.920. The van der Waals surface area contributed by atoms with Crippen molar-refractivity contribution in [3.63, 3.8) is 0 Å². The number of H-pyrrole nitrogens is 1. The van der Waals surface area contributed by atoms with Crippen LogP contribution in [0.15, 0.2) is 12.1 Å². The minimum Gasteiger partial charge on any atom is -0.331 e. The Bertz CT molecular complexity index is 837. The topological polar surface area (TPSA) is 54.9 Å². The number of nitrogens with one attached hydrogen (secondary N) is 1. The molecule has 0 radical (unpaired) electrons. The van der Waals surface area contributed by atoms with E-state index in [-0.39, 0.29) is 11.6 Å². The quantitative estimate of drug-likeness (QED) is 0.875. The van der Waals surface area contributed by atoms with E-state index in [0.717, 1.165) is 0 Å². The van der Waals surface area contributed by atoms with Gasteiger partial charge in [-0.2, -0.15) is 0 Å². The molecule has 0 aliphatic heterocycles. The highest BCUT2D eigenvalue weighted by molar-refractivity contribution is 7.92. The maximum atomic E-state index is 13.6. The number of imidazole rings is 1. The second-order valence-electron chi connectivity index (χ2n) is 5.33. The Kier molecular flexibility index (Phi) is 3.73. The molecule has 4 nitrogen and oxygen atoms in total. The smallest absolute Gasteiger partial charge is 0.178 e. The van der Waals surface area contributed by atoms with Crippen LogP contribution in [0, 0.1) is 10.6 Å². The van der Waals surface area contributed by atoms with Gasteiger partial charge in [0.15, 0.2) is 14.6 Å². The second kappa shape index (κ2) is 4.82. The molecule has 0 amide bonds. The van der Waals surface area contributed by atoms with Crippen LogP contribution in [0.2, 0.25) is 5.02 Å². The molecule has 1 aromatic carbocycles. The molecule has 2 aromatic rings.